The quantitative estimate of drug-likeness (QED) is 0.419. The van der Waals surface area contributed by atoms with Crippen molar-refractivity contribution in [3.8, 4) is 6.07 Å². The van der Waals surface area contributed by atoms with Gasteiger partial charge in [0.05, 0.1) is 11.6 Å². The van der Waals surface area contributed by atoms with Gasteiger partial charge >= 0.3 is 11.9 Å². The van der Waals surface area contributed by atoms with Crippen molar-refractivity contribution < 1.29 is 27.8 Å². The molecule has 186 valence electrons. The van der Waals surface area contributed by atoms with Gasteiger partial charge in [-0.15, -0.1) is 0 Å². The van der Waals surface area contributed by atoms with Crippen LogP contribution in [0.5, 0.6) is 0 Å². The molecule has 0 heterocycles. The van der Waals surface area contributed by atoms with E-state index in [9.17, 15) is 23.6 Å². The maximum atomic E-state index is 13.5. The molecule has 2 aliphatic carbocycles. The molecule has 0 amide bonds. The van der Waals surface area contributed by atoms with Crippen molar-refractivity contribution in [3.05, 3.63) is 34.9 Å². The Hall–Kier alpha value is -2.49. The number of nitrogens with zero attached hydrogens (tertiary/aromatic N) is 1. The number of halogens is 2. The molecule has 0 saturated heterocycles. The van der Waals surface area contributed by atoms with E-state index in [1.165, 1.54) is 0 Å². The molecule has 1 aromatic rings. The van der Waals surface area contributed by atoms with Crippen molar-refractivity contribution >= 4 is 11.9 Å². The smallest absolute Gasteiger partial charge is 0.340 e. The summed E-state index contributed by atoms with van der Waals surface area (Å²) in [7, 11) is 0. The Kier molecular flexibility index (Phi) is 9.44. The fourth-order valence-electron chi connectivity index (χ4n) is 5.10. The van der Waals surface area contributed by atoms with E-state index in [0.717, 1.165) is 36.8 Å². The molecule has 2 aliphatic rings. The number of nitriles is 1. The van der Waals surface area contributed by atoms with Crippen LogP contribution in [0, 0.1) is 11.3 Å². The molecule has 2 fully saturated rings. The molecule has 5 nitrogen and oxygen atoms in total. The first-order chi connectivity index (χ1) is 16.4. The largest absolute Gasteiger partial charge is 0.460 e. The van der Waals surface area contributed by atoms with Gasteiger partial charge in [-0.2, -0.15) is 5.26 Å². The van der Waals surface area contributed by atoms with Crippen LogP contribution in [0.2, 0.25) is 0 Å². The van der Waals surface area contributed by atoms with E-state index in [0.29, 0.717) is 31.2 Å². The Morgan fingerprint density at radius 1 is 0.882 bits per heavy atom. The lowest BCUT2D eigenvalue weighted by atomic mass is 9.78. The van der Waals surface area contributed by atoms with Gasteiger partial charge in [0, 0.05) is 0 Å². The van der Waals surface area contributed by atoms with Gasteiger partial charge in [-0.25, -0.2) is 18.4 Å². The first-order valence-electron chi connectivity index (χ1n) is 12.6. The third kappa shape index (κ3) is 6.55. The van der Waals surface area contributed by atoms with Crippen molar-refractivity contribution in [2.45, 2.75) is 114 Å². The molecule has 2 atom stereocenters. The van der Waals surface area contributed by atoms with E-state index < -0.39 is 24.3 Å². The molecule has 0 radical (unpaired) electrons. The molecule has 0 spiro atoms. The van der Waals surface area contributed by atoms with Crippen LogP contribution in [0.4, 0.5) is 8.78 Å². The van der Waals surface area contributed by atoms with Crippen molar-refractivity contribution in [2.24, 2.45) is 0 Å². The fraction of sp³-hybridized carbons (Fsp3) is 0.667. The van der Waals surface area contributed by atoms with Crippen molar-refractivity contribution in [1.82, 2.24) is 0 Å². The van der Waals surface area contributed by atoms with Crippen molar-refractivity contribution in [1.29, 1.82) is 5.26 Å². The minimum atomic E-state index is -1.56. The Balaban J connectivity index is 1.55. The number of carbonyl (C=O) groups excluding carboxylic acids is 2. The van der Waals surface area contributed by atoms with E-state index in [2.05, 4.69) is 12.1 Å². The van der Waals surface area contributed by atoms with Gasteiger partial charge in [0.1, 0.15) is 12.2 Å². The number of hydrogen-bond donors (Lipinski definition) is 0. The van der Waals surface area contributed by atoms with Crippen LogP contribution in [0.15, 0.2) is 18.2 Å². The highest BCUT2D eigenvalue weighted by Crippen LogP contribution is 2.39. The van der Waals surface area contributed by atoms with Crippen LogP contribution in [-0.4, -0.2) is 36.5 Å². The molecule has 0 aromatic heterocycles. The number of carbonyl (C=O) groups is 2. The number of ether oxygens (including phenoxy) is 2. The number of alkyl halides is 2. The number of hydrogen-bond acceptors (Lipinski definition) is 5. The lowest BCUT2D eigenvalue weighted by Crippen LogP contribution is -2.28. The first kappa shape index (κ1) is 26.1. The van der Waals surface area contributed by atoms with E-state index >= 15 is 0 Å². The topological polar surface area (TPSA) is 76.4 Å². The van der Waals surface area contributed by atoms with Gasteiger partial charge in [-0.3, -0.25) is 0 Å². The third-order valence-corrected chi connectivity index (χ3v) is 7.25. The van der Waals surface area contributed by atoms with Gasteiger partial charge < -0.3 is 9.47 Å². The van der Waals surface area contributed by atoms with Crippen LogP contribution in [0.3, 0.4) is 0 Å². The zero-order chi connectivity index (χ0) is 24.7. The van der Waals surface area contributed by atoms with Crippen LogP contribution >= 0.6 is 0 Å². The summed E-state index contributed by atoms with van der Waals surface area (Å²) in [5.41, 5.74) is 2.80. The first-order valence-corrected chi connectivity index (χ1v) is 12.6. The van der Waals surface area contributed by atoms with Crippen LogP contribution < -0.4 is 0 Å². The highest BCUT2D eigenvalue weighted by Gasteiger charge is 2.30. The Morgan fingerprint density at radius 3 is 1.79 bits per heavy atom. The molecule has 34 heavy (non-hydrogen) atoms. The summed E-state index contributed by atoms with van der Waals surface area (Å²) < 4.78 is 37.6. The van der Waals surface area contributed by atoms with Crippen LogP contribution in [0.1, 0.15) is 107 Å². The van der Waals surface area contributed by atoms with Crippen LogP contribution in [-0.2, 0) is 19.1 Å². The summed E-state index contributed by atoms with van der Waals surface area (Å²) in [6.07, 6.45) is 2.59. The van der Waals surface area contributed by atoms with Gasteiger partial charge in [0.2, 0.25) is 0 Å². The van der Waals surface area contributed by atoms with E-state index in [1.54, 1.807) is 13.8 Å². The second-order valence-corrected chi connectivity index (χ2v) is 9.53. The molecule has 0 N–H and O–H groups in total. The Morgan fingerprint density at radius 2 is 1.35 bits per heavy atom. The lowest BCUT2D eigenvalue weighted by molar-refractivity contribution is -0.157. The minimum Gasteiger partial charge on any atom is -0.460 e. The van der Waals surface area contributed by atoms with E-state index in [4.69, 9.17) is 9.47 Å². The second kappa shape index (κ2) is 12.3. The highest BCUT2D eigenvalue weighted by atomic mass is 19.1. The summed E-state index contributed by atoms with van der Waals surface area (Å²) in [4.78, 5) is 23.4. The van der Waals surface area contributed by atoms with Crippen molar-refractivity contribution in [2.75, 3.05) is 0 Å². The maximum Gasteiger partial charge on any atom is 0.340 e. The molecule has 0 aliphatic heterocycles. The molecular weight excluding hydrogens is 440 g/mol. The van der Waals surface area contributed by atoms with E-state index in [-0.39, 0.29) is 36.9 Å². The number of esters is 2. The van der Waals surface area contributed by atoms with Gasteiger partial charge in [0.15, 0.2) is 12.3 Å². The predicted molar refractivity (Wildman–Crippen MR) is 124 cm³/mol. The minimum absolute atomic E-state index is 0.121. The predicted octanol–water partition coefficient (Wildman–Crippen LogP) is 6.19. The molecule has 1 aromatic carbocycles. The monoisotopic (exact) mass is 475 g/mol. The Labute approximate surface area is 200 Å². The standard InChI is InChI=1S/C27H35F2NO4/c1-3-24(28)26(31)33-21-10-5-17(6-11-21)19-9-14-23(20(15-19)16-30)18-7-12-22(13-8-18)34-27(32)25(29)4-2/h9,14-15,17-18,21-22,24-25H,3-8,10-13H2,1-2H3/t17-,18-,21-,22-,24-,25-/m0/s1. The summed E-state index contributed by atoms with van der Waals surface area (Å²) in [5, 5.41) is 9.79. The molecule has 3 rings (SSSR count). The van der Waals surface area contributed by atoms with Gasteiger partial charge in [-0.1, -0.05) is 26.0 Å². The lowest BCUT2D eigenvalue weighted by Gasteiger charge is -2.31. The average Bonchev–Trinajstić information content (AvgIpc) is 2.88. The van der Waals surface area contributed by atoms with E-state index in [1.807, 2.05) is 12.1 Å². The highest BCUT2D eigenvalue weighted by molar-refractivity contribution is 5.75. The normalized spacial score (nSPS) is 26.7. The molecule has 0 unspecified atom stereocenters. The number of rotatable bonds is 8. The molecule has 0 bridgehead atoms. The maximum absolute atomic E-state index is 13.5. The third-order valence-electron chi connectivity index (χ3n) is 7.25. The number of benzene rings is 1. The molecule has 2 saturated carbocycles. The molecule has 7 heteroatoms. The SMILES string of the molecule is CC[C@H](F)C(=O)O[C@H]1CC[C@H](c2ccc([C@H]3CC[C@H](OC(=O)[C@@H](F)CC)CC3)c(C#N)c2)CC1. The summed E-state index contributed by atoms with van der Waals surface area (Å²) >= 11 is 0. The summed E-state index contributed by atoms with van der Waals surface area (Å²) in [5.74, 6) is -1.03. The zero-order valence-corrected chi connectivity index (χ0v) is 20.1. The molecular formula is C27H35F2NO4. The summed E-state index contributed by atoms with van der Waals surface area (Å²) in [6.45, 7) is 3.23. The zero-order valence-electron chi connectivity index (χ0n) is 20.1. The second-order valence-electron chi connectivity index (χ2n) is 9.53. The van der Waals surface area contributed by atoms with Crippen molar-refractivity contribution in [3.63, 3.8) is 0 Å². The van der Waals surface area contributed by atoms with Crippen LogP contribution in [0.25, 0.3) is 0 Å². The fourth-order valence-corrected chi connectivity index (χ4v) is 5.10. The van der Waals surface area contributed by atoms with Gasteiger partial charge in [0.25, 0.3) is 0 Å². The summed E-state index contributed by atoms with van der Waals surface area (Å²) in [6, 6.07) is 8.45. The van der Waals surface area contributed by atoms with Gasteiger partial charge in [-0.05, 0) is 93.2 Å². The Bertz CT molecular complexity index is 883. The average molecular weight is 476 g/mol.